The number of rotatable bonds is 5. The second-order valence-electron chi connectivity index (χ2n) is 6.44. The lowest BCUT2D eigenvalue weighted by molar-refractivity contribution is 0.102. The van der Waals surface area contributed by atoms with Crippen molar-refractivity contribution in [2.24, 2.45) is 0 Å². The molecule has 0 aromatic carbocycles. The van der Waals surface area contributed by atoms with Gasteiger partial charge in [-0.25, -0.2) is 4.79 Å². The maximum absolute atomic E-state index is 11.6. The van der Waals surface area contributed by atoms with E-state index >= 15 is 0 Å². The highest BCUT2D eigenvalue weighted by Crippen LogP contribution is 2.18. The summed E-state index contributed by atoms with van der Waals surface area (Å²) in [5, 5.41) is 2.79. The van der Waals surface area contributed by atoms with E-state index < -0.39 is 8.07 Å². The molecule has 1 N–H and O–H groups in total. The SMILES string of the molecule is CC[Si](C#CC[C@@H](C)OC(=O)NC(C)(C)C)(CC)CC. The Kier molecular flexibility index (Phi) is 7.96. The molecule has 0 aliphatic carbocycles. The summed E-state index contributed by atoms with van der Waals surface area (Å²) in [5.74, 6) is 3.25. The van der Waals surface area contributed by atoms with Crippen LogP contribution in [0.3, 0.4) is 0 Å². The fourth-order valence-electron chi connectivity index (χ4n) is 1.96. The number of hydrogen-bond donors (Lipinski definition) is 1. The van der Waals surface area contributed by atoms with Crippen LogP contribution in [0.1, 0.15) is 54.9 Å². The quantitative estimate of drug-likeness (QED) is 0.605. The van der Waals surface area contributed by atoms with Crippen molar-refractivity contribution in [2.75, 3.05) is 0 Å². The second-order valence-corrected chi connectivity index (χ2v) is 11.4. The van der Waals surface area contributed by atoms with Crippen LogP contribution in [-0.4, -0.2) is 25.8 Å². The van der Waals surface area contributed by atoms with E-state index in [9.17, 15) is 4.79 Å². The Hall–Kier alpha value is -0.953. The minimum absolute atomic E-state index is 0.165. The van der Waals surface area contributed by atoms with Crippen molar-refractivity contribution in [2.45, 2.75) is 84.7 Å². The van der Waals surface area contributed by atoms with Gasteiger partial charge in [0.15, 0.2) is 0 Å². The zero-order chi connectivity index (χ0) is 15.8. The van der Waals surface area contributed by atoms with Crippen molar-refractivity contribution in [3.8, 4) is 11.5 Å². The van der Waals surface area contributed by atoms with Crippen LogP contribution in [0.2, 0.25) is 18.1 Å². The molecule has 0 aromatic heterocycles. The Morgan fingerprint density at radius 1 is 1.20 bits per heavy atom. The smallest absolute Gasteiger partial charge is 0.407 e. The Labute approximate surface area is 125 Å². The normalized spacial score (nSPS) is 13.2. The number of carbonyl (C=O) groups excluding carboxylic acids is 1. The third-order valence-electron chi connectivity index (χ3n) is 3.56. The van der Waals surface area contributed by atoms with Gasteiger partial charge in [0.05, 0.1) is 0 Å². The zero-order valence-electron chi connectivity index (χ0n) is 14.2. The van der Waals surface area contributed by atoms with E-state index in [4.69, 9.17) is 4.74 Å². The van der Waals surface area contributed by atoms with Gasteiger partial charge in [-0.2, -0.15) is 0 Å². The molecular formula is C16H31NO2Si. The van der Waals surface area contributed by atoms with Crippen LogP contribution in [-0.2, 0) is 4.74 Å². The highest BCUT2D eigenvalue weighted by molar-refractivity contribution is 6.87. The molecular weight excluding hydrogens is 266 g/mol. The van der Waals surface area contributed by atoms with Crippen molar-refractivity contribution in [1.29, 1.82) is 0 Å². The first-order valence-electron chi connectivity index (χ1n) is 7.67. The molecule has 0 rings (SSSR count). The summed E-state index contributed by atoms with van der Waals surface area (Å²) in [5.41, 5.74) is 3.25. The summed E-state index contributed by atoms with van der Waals surface area (Å²) in [6, 6.07) is 3.60. The van der Waals surface area contributed by atoms with E-state index in [0.29, 0.717) is 6.42 Å². The number of hydrogen-bond acceptors (Lipinski definition) is 2. The van der Waals surface area contributed by atoms with E-state index in [0.717, 1.165) is 0 Å². The fraction of sp³-hybridized carbons (Fsp3) is 0.812. The van der Waals surface area contributed by atoms with Gasteiger partial charge in [-0.05, 0) is 45.8 Å². The number of nitrogens with one attached hydrogen (secondary N) is 1. The van der Waals surface area contributed by atoms with Gasteiger partial charge in [0.1, 0.15) is 14.2 Å². The first kappa shape index (κ1) is 19.0. The summed E-state index contributed by atoms with van der Waals surface area (Å²) in [6.45, 7) is 14.4. The predicted molar refractivity (Wildman–Crippen MR) is 88.4 cm³/mol. The molecule has 0 saturated heterocycles. The molecule has 0 bridgehead atoms. The van der Waals surface area contributed by atoms with Gasteiger partial charge in [-0.3, -0.25) is 0 Å². The van der Waals surface area contributed by atoms with Crippen molar-refractivity contribution in [3.63, 3.8) is 0 Å². The largest absolute Gasteiger partial charge is 0.446 e. The monoisotopic (exact) mass is 297 g/mol. The molecule has 0 spiro atoms. The molecule has 0 aromatic rings. The summed E-state index contributed by atoms with van der Waals surface area (Å²) in [6.07, 6.45) is 0.0886. The molecule has 3 nitrogen and oxygen atoms in total. The summed E-state index contributed by atoms with van der Waals surface area (Å²) in [7, 11) is -1.38. The molecule has 0 saturated carbocycles. The van der Waals surface area contributed by atoms with Crippen molar-refractivity contribution in [1.82, 2.24) is 5.32 Å². The minimum Gasteiger partial charge on any atom is -0.446 e. The zero-order valence-corrected chi connectivity index (χ0v) is 15.2. The van der Waals surface area contributed by atoms with Gasteiger partial charge in [-0.1, -0.05) is 20.8 Å². The molecule has 0 unspecified atom stereocenters. The van der Waals surface area contributed by atoms with Gasteiger partial charge < -0.3 is 10.1 Å². The Bertz CT molecular complexity index is 351. The van der Waals surface area contributed by atoms with Gasteiger partial charge in [0, 0.05) is 12.0 Å². The first-order chi connectivity index (χ1) is 9.18. The number of alkyl carbamates (subject to hydrolysis) is 1. The first-order valence-corrected chi connectivity index (χ1v) is 10.3. The van der Waals surface area contributed by atoms with Crippen molar-refractivity contribution < 1.29 is 9.53 Å². The third-order valence-corrected chi connectivity index (χ3v) is 8.33. The number of carbonyl (C=O) groups is 1. The van der Waals surface area contributed by atoms with Gasteiger partial charge in [0.2, 0.25) is 0 Å². The lowest BCUT2D eigenvalue weighted by Gasteiger charge is -2.22. The molecule has 20 heavy (non-hydrogen) atoms. The molecule has 0 fully saturated rings. The molecule has 0 radical (unpaired) electrons. The number of amides is 1. The van der Waals surface area contributed by atoms with E-state index in [1.165, 1.54) is 18.1 Å². The Balaban J connectivity index is 4.37. The van der Waals surface area contributed by atoms with Crippen molar-refractivity contribution in [3.05, 3.63) is 0 Å². The van der Waals surface area contributed by atoms with Gasteiger partial charge in [-0.15, -0.1) is 11.5 Å². The Morgan fingerprint density at radius 2 is 1.70 bits per heavy atom. The van der Waals surface area contributed by atoms with Crippen LogP contribution in [0.15, 0.2) is 0 Å². The maximum Gasteiger partial charge on any atom is 0.407 e. The fourth-order valence-corrected chi connectivity index (χ4v) is 4.46. The van der Waals surface area contributed by atoms with E-state index in [2.05, 4.69) is 37.6 Å². The molecule has 116 valence electrons. The molecule has 1 amide bonds. The van der Waals surface area contributed by atoms with Gasteiger partial charge in [0.25, 0.3) is 0 Å². The van der Waals surface area contributed by atoms with Crippen LogP contribution in [0.5, 0.6) is 0 Å². The molecule has 0 aliphatic rings. The average molecular weight is 298 g/mol. The van der Waals surface area contributed by atoms with Crippen LogP contribution in [0, 0.1) is 11.5 Å². The van der Waals surface area contributed by atoms with Crippen LogP contribution >= 0.6 is 0 Å². The minimum atomic E-state index is -1.38. The maximum atomic E-state index is 11.6. The van der Waals surface area contributed by atoms with Gasteiger partial charge >= 0.3 is 6.09 Å². The number of ether oxygens (including phenoxy) is 1. The standard InChI is InChI=1S/C16H31NO2Si/c1-8-20(9-2,10-3)13-11-12-14(4)19-15(18)17-16(5,6)7/h14H,8-10,12H2,1-7H3,(H,17,18)/t14-/m1/s1. The Morgan fingerprint density at radius 3 is 2.10 bits per heavy atom. The summed E-state index contributed by atoms with van der Waals surface area (Å²) in [4.78, 5) is 11.6. The highest BCUT2D eigenvalue weighted by Gasteiger charge is 2.24. The van der Waals surface area contributed by atoms with Crippen LogP contribution in [0.4, 0.5) is 4.79 Å². The molecule has 0 heterocycles. The van der Waals surface area contributed by atoms with Crippen LogP contribution in [0.25, 0.3) is 0 Å². The predicted octanol–water partition coefficient (Wildman–Crippen LogP) is 4.34. The van der Waals surface area contributed by atoms with Crippen molar-refractivity contribution >= 4 is 14.2 Å². The topological polar surface area (TPSA) is 38.3 Å². The molecule has 0 aliphatic heterocycles. The summed E-state index contributed by atoms with van der Waals surface area (Å²) < 4.78 is 5.30. The second kappa shape index (κ2) is 8.36. The van der Waals surface area contributed by atoms with E-state index in [-0.39, 0.29) is 17.7 Å². The van der Waals surface area contributed by atoms with E-state index in [1.54, 1.807) is 0 Å². The summed E-state index contributed by atoms with van der Waals surface area (Å²) >= 11 is 0. The van der Waals surface area contributed by atoms with Crippen LogP contribution < -0.4 is 5.32 Å². The molecule has 1 atom stereocenters. The lowest BCUT2D eigenvalue weighted by atomic mass is 10.1. The average Bonchev–Trinajstić information content (AvgIpc) is 2.32. The van der Waals surface area contributed by atoms with E-state index in [1.807, 2.05) is 27.7 Å². The third kappa shape index (κ3) is 7.59. The molecule has 4 heteroatoms. The lowest BCUT2D eigenvalue weighted by Crippen LogP contribution is -2.42. The highest BCUT2D eigenvalue weighted by atomic mass is 28.3.